The van der Waals surface area contributed by atoms with E-state index in [1.807, 2.05) is 0 Å². The van der Waals surface area contributed by atoms with Crippen LogP contribution in [0.25, 0.3) is 0 Å². The summed E-state index contributed by atoms with van der Waals surface area (Å²) in [6.45, 7) is 2.08. The molecular weight excluding hydrogens is 140 g/mol. The maximum absolute atomic E-state index is 3.72. The Hall–Kier alpha value is 0.0900. The first-order valence-corrected chi connectivity index (χ1v) is 5.05. The van der Waals surface area contributed by atoms with E-state index in [1.54, 1.807) is 11.8 Å². The molecule has 0 nitrogen and oxygen atoms in total. The zero-order chi connectivity index (χ0) is 7.66. The van der Waals surface area contributed by atoms with Crippen molar-refractivity contribution in [1.82, 2.24) is 0 Å². The second kappa shape index (κ2) is 9.09. The Balaban J connectivity index is 2.77. The minimum absolute atomic E-state index is 1.22. The summed E-state index contributed by atoms with van der Waals surface area (Å²) in [5.74, 6) is 1.22. The lowest BCUT2D eigenvalue weighted by atomic mass is 10.2. The second-order valence-electron chi connectivity index (χ2n) is 2.33. The van der Waals surface area contributed by atoms with Gasteiger partial charge in [0.2, 0.25) is 0 Å². The summed E-state index contributed by atoms with van der Waals surface area (Å²) >= 11 is 1.70. The average molecular weight is 157 g/mol. The third-order valence-corrected chi connectivity index (χ3v) is 1.97. The number of hydrogen-bond acceptors (Lipinski definition) is 1. The summed E-state index contributed by atoms with van der Waals surface area (Å²) in [4.78, 5) is 0. The minimum Gasteiger partial charge on any atom is -0.161 e. The van der Waals surface area contributed by atoms with Crippen LogP contribution in [0.5, 0.6) is 0 Å². The van der Waals surface area contributed by atoms with E-state index in [-0.39, 0.29) is 0 Å². The van der Waals surface area contributed by atoms with Crippen LogP contribution in [0.3, 0.4) is 0 Å². The second-order valence-corrected chi connectivity index (χ2v) is 3.14. The molecule has 0 rings (SSSR count). The fourth-order valence-corrected chi connectivity index (χ4v) is 1.22. The highest BCUT2D eigenvalue weighted by atomic mass is 32.2. The Labute approximate surface area is 69.1 Å². The van der Waals surface area contributed by atoms with Crippen molar-refractivity contribution in [3.63, 3.8) is 0 Å². The Morgan fingerprint density at radius 2 is 2.10 bits per heavy atom. The van der Waals surface area contributed by atoms with Gasteiger partial charge in [-0.15, -0.1) is 0 Å². The zero-order valence-corrected chi connectivity index (χ0v) is 7.62. The maximum Gasteiger partial charge on any atom is 0.00235 e. The number of thioether (sulfide) groups is 1. The molecule has 0 fully saturated rings. The van der Waals surface area contributed by atoms with Gasteiger partial charge in [0, 0.05) is 6.26 Å². The van der Waals surface area contributed by atoms with E-state index >= 15 is 0 Å². The Morgan fingerprint density at radius 3 is 2.70 bits per heavy atom. The summed E-state index contributed by atoms with van der Waals surface area (Å²) in [7, 11) is 0. The molecule has 0 bridgehead atoms. The van der Waals surface area contributed by atoms with E-state index in [0.717, 1.165) is 0 Å². The van der Waals surface area contributed by atoms with Gasteiger partial charge >= 0.3 is 0 Å². The molecule has 0 amide bonds. The lowest BCUT2D eigenvalue weighted by molar-refractivity contribution is 0.734. The molecule has 0 saturated heterocycles. The number of unbranched alkanes of at least 4 members (excludes halogenated alkanes) is 3. The molecule has 59 valence electrons. The van der Waals surface area contributed by atoms with Gasteiger partial charge in [0.1, 0.15) is 0 Å². The molecular formula is C9H17S. The van der Waals surface area contributed by atoms with Gasteiger partial charge in [-0.25, -0.2) is 0 Å². The van der Waals surface area contributed by atoms with Crippen molar-refractivity contribution in [2.45, 2.75) is 32.6 Å². The molecule has 0 spiro atoms. The van der Waals surface area contributed by atoms with Crippen LogP contribution in [0.1, 0.15) is 32.6 Å². The number of hydrogen-bond donors (Lipinski definition) is 0. The normalized spacial score (nSPS) is 11.0. The number of rotatable bonds is 6. The van der Waals surface area contributed by atoms with E-state index < -0.39 is 0 Å². The van der Waals surface area contributed by atoms with Gasteiger partial charge in [0.05, 0.1) is 0 Å². The Kier molecular flexibility index (Phi) is 9.17. The van der Waals surface area contributed by atoms with Gasteiger partial charge in [-0.3, -0.25) is 0 Å². The van der Waals surface area contributed by atoms with Gasteiger partial charge < -0.3 is 0 Å². The quantitative estimate of drug-likeness (QED) is 0.419. The summed E-state index contributed by atoms with van der Waals surface area (Å²) < 4.78 is 0. The molecule has 0 aromatic rings. The van der Waals surface area contributed by atoms with Crippen LogP contribution in [0.4, 0.5) is 0 Å². The smallest absolute Gasteiger partial charge is 0.00235 e. The monoisotopic (exact) mass is 157 g/mol. The molecule has 0 aliphatic carbocycles. The van der Waals surface area contributed by atoms with Crippen molar-refractivity contribution in [1.29, 1.82) is 0 Å². The molecule has 1 radical (unpaired) electrons. The van der Waals surface area contributed by atoms with E-state index in [0.29, 0.717) is 0 Å². The fraction of sp³-hybridized carbons (Fsp3) is 0.667. The van der Waals surface area contributed by atoms with Gasteiger partial charge in [0.15, 0.2) is 0 Å². The first-order valence-electron chi connectivity index (χ1n) is 3.90. The molecule has 0 aromatic carbocycles. The number of allylic oxidation sites excluding steroid dienone is 2. The van der Waals surface area contributed by atoms with Gasteiger partial charge in [-0.05, 0) is 31.9 Å². The molecule has 10 heavy (non-hydrogen) atoms. The molecule has 0 aliphatic rings. The van der Waals surface area contributed by atoms with Gasteiger partial charge in [-0.1, -0.05) is 18.6 Å². The molecule has 0 aliphatic heterocycles. The van der Waals surface area contributed by atoms with Crippen LogP contribution < -0.4 is 0 Å². The predicted molar refractivity (Wildman–Crippen MR) is 51.1 cm³/mol. The fourth-order valence-electron chi connectivity index (χ4n) is 0.810. The summed E-state index contributed by atoms with van der Waals surface area (Å²) in [6.07, 6.45) is 13.3. The van der Waals surface area contributed by atoms with Crippen LogP contribution in [0.2, 0.25) is 0 Å². The van der Waals surface area contributed by atoms with Crippen LogP contribution in [-0.4, -0.2) is 5.75 Å². The van der Waals surface area contributed by atoms with Crippen LogP contribution in [0.15, 0.2) is 12.2 Å². The summed E-state index contributed by atoms with van der Waals surface area (Å²) in [6, 6.07) is 0. The predicted octanol–water partition coefficient (Wildman–Crippen LogP) is 3.65. The highest BCUT2D eigenvalue weighted by molar-refractivity contribution is 8.00. The van der Waals surface area contributed by atoms with E-state index in [1.165, 1.54) is 31.4 Å². The Morgan fingerprint density at radius 1 is 1.30 bits per heavy atom. The van der Waals surface area contributed by atoms with E-state index in [9.17, 15) is 0 Å². The molecule has 1 heteroatoms. The third-order valence-electron chi connectivity index (χ3n) is 1.40. The first kappa shape index (κ1) is 10.1. The molecule has 0 N–H and O–H groups in total. The van der Waals surface area contributed by atoms with Crippen LogP contribution in [-0.2, 0) is 0 Å². The highest BCUT2D eigenvalue weighted by Gasteiger charge is 1.85. The maximum atomic E-state index is 3.72. The lowest BCUT2D eigenvalue weighted by Gasteiger charge is -1.94. The van der Waals surface area contributed by atoms with E-state index in [4.69, 9.17) is 0 Å². The van der Waals surface area contributed by atoms with Crippen molar-refractivity contribution in [3.8, 4) is 0 Å². The molecule has 0 unspecified atom stereocenters. The Bertz CT molecular complexity index is 76.8. The molecule has 0 heterocycles. The topological polar surface area (TPSA) is 0 Å². The van der Waals surface area contributed by atoms with Crippen LogP contribution >= 0.6 is 11.8 Å². The minimum atomic E-state index is 1.22. The third kappa shape index (κ3) is 8.09. The van der Waals surface area contributed by atoms with Crippen molar-refractivity contribution in [2.75, 3.05) is 5.75 Å². The van der Waals surface area contributed by atoms with Crippen LogP contribution in [0, 0.1) is 6.26 Å². The van der Waals surface area contributed by atoms with Gasteiger partial charge in [-0.2, -0.15) is 11.8 Å². The average Bonchev–Trinajstić information content (AvgIpc) is 1.97. The summed E-state index contributed by atoms with van der Waals surface area (Å²) in [5, 5.41) is 0. The van der Waals surface area contributed by atoms with Crippen molar-refractivity contribution in [2.24, 2.45) is 0 Å². The lowest BCUT2D eigenvalue weighted by Crippen LogP contribution is -1.77. The molecule has 0 aromatic heterocycles. The first-order chi connectivity index (χ1) is 4.91. The SMILES string of the molecule is [CH2]SCCCCC/C=C/C. The van der Waals surface area contributed by atoms with Crippen molar-refractivity contribution in [3.05, 3.63) is 18.4 Å². The van der Waals surface area contributed by atoms with E-state index in [2.05, 4.69) is 25.3 Å². The molecule has 0 saturated carbocycles. The highest BCUT2D eigenvalue weighted by Crippen LogP contribution is 2.05. The largest absolute Gasteiger partial charge is 0.161 e. The zero-order valence-electron chi connectivity index (χ0n) is 6.81. The summed E-state index contributed by atoms with van der Waals surface area (Å²) in [5.41, 5.74) is 0. The molecule has 0 atom stereocenters. The van der Waals surface area contributed by atoms with Crippen molar-refractivity contribution >= 4 is 11.8 Å². The van der Waals surface area contributed by atoms with Crippen molar-refractivity contribution < 1.29 is 0 Å². The standard InChI is InChI=1S/C9H17S/c1-3-4-5-6-7-8-9-10-2/h3-4H,2,5-9H2,1H3/b4-3+. The van der Waals surface area contributed by atoms with Gasteiger partial charge in [0.25, 0.3) is 0 Å².